The van der Waals surface area contributed by atoms with E-state index in [9.17, 15) is 4.79 Å². The van der Waals surface area contributed by atoms with Crippen molar-refractivity contribution in [1.82, 2.24) is 5.32 Å². The molecule has 82 valence electrons. The molecule has 1 N–H and O–H groups in total. The molecule has 0 fully saturated rings. The van der Waals surface area contributed by atoms with Crippen molar-refractivity contribution in [3.05, 3.63) is 29.8 Å². The first-order chi connectivity index (χ1) is 7.15. The SMILES string of the molecule is CCNCC(=O)N(C)c1cccc(C)c1. The molecule has 0 aliphatic heterocycles. The Morgan fingerprint density at radius 3 is 2.80 bits per heavy atom. The monoisotopic (exact) mass is 206 g/mol. The van der Waals surface area contributed by atoms with Gasteiger partial charge in [-0.3, -0.25) is 4.79 Å². The Morgan fingerprint density at radius 1 is 1.47 bits per heavy atom. The fraction of sp³-hybridized carbons (Fsp3) is 0.417. The van der Waals surface area contributed by atoms with Gasteiger partial charge in [0.15, 0.2) is 0 Å². The number of likely N-dealkylation sites (N-methyl/N-ethyl adjacent to an activating group) is 2. The standard InChI is InChI=1S/C12H18N2O/c1-4-13-9-12(15)14(3)11-7-5-6-10(2)8-11/h5-8,13H,4,9H2,1-3H3. The van der Waals surface area contributed by atoms with E-state index in [4.69, 9.17) is 0 Å². The average Bonchev–Trinajstić information content (AvgIpc) is 2.24. The number of aryl methyl sites for hydroxylation is 1. The molecule has 0 aromatic heterocycles. The Kier molecular flexibility index (Phi) is 4.31. The number of anilines is 1. The summed E-state index contributed by atoms with van der Waals surface area (Å²) in [6.45, 7) is 5.21. The summed E-state index contributed by atoms with van der Waals surface area (Å²) >= 11 is 0. The maximum atomic E-state index is 11.7. The maximum Gasteiger partial charge on any atom is 0.240 e. The molecule has 3 nitrogen and oxygen atoms in total. The predicted octanol–water partition coefficient (Wildman–Crippen LogP) is 1.57. The topological polar surface area (TPSA) is 32.3 Å². The zero-order valence-electron chi connectivity index (χ0n) is 9.58. The Morgan fingerprint density at radius 2 is 2.20 bits per heavy atom. The molecule has 0 heterocycles. The van der Waals surface area contributed by atoms with E-state index in [-0.39, 0.29) is 5.91 Å². The normalized spacial score (nSPS) is 10.1. The van der Waals surface area contributed by atoms with Crippen molar-refractivity contribution in [1.29, 1.82) is 0 Å². The highest BCUT2D eigenvalue weighted by Gasteiger charge is 2.09. The summed E-state index contributed by atoms with van der Waals surface area (Å²) in [5.41, 5.74) is 2.11. The van der Waals surface area contributed by atoms with E-state index < -0.39 is 0 Å². The first-order valence-corrected chi connectivity index (χ1v) is 5.19. The molecule has 0 saturated carbocycles. The molecular weight excluding hydrogens is 188 g/mol. The molecule has 3 heteroatoms. The van der Waals surface area contributed by atoms with Gasteiger partial charge in [0.05, 0.1) is 6.54 Å². The first kappa shape index (κ1) is 11.7. The second-order valence-corrected chi connectivity index (χ2v) is 3.57. The zero-order valence-corrected chi connectivity index (χ0v) is 9.58. The molecular formula is C12H18N2O. The molecule has 0 bridgehead atoms. The van der Waals surface area contributed by atoms with Gasteiger partial charge in [0.1, 0.15) is 0 Å². The predicted molar refractivity (Wildman–Crippen MR) is 63.1 cm³/mol. The summed E-state index contributed by atoms with van der Waals surface area (Å²) in [6, 6.07) is 7.93. The molecule has 0 unspecified atom stereocenters. The minimum absolute atomic E-state index is 0.0856. The van der Waals surface area contributed by atoms with Crippen LogP contribution in [-0.4, -0.2) is 26.0 Å². The van der Waals surface area contributed by atoms with Crippen LogP contribution in [0.4, 0.5) is 5.69 Å². The van der Waals surface area contributed by atoms with Gasteiger partial charge in [0.25, 0.3) is 0 Å². The van der Waals surface area contributed by atoms with Crippen LogP contribution in [0.15, 0.2) is 24.3 Å². The van der Waals surface area contributed by atoms with Crippen molar-refractivity contribution in [2.75, 3.05) is 25.0 Å². The lowest BCUT2D eigenvalue weighted by Crippen LogP contribution is -2.35. The molecule has 0 spiro atoms. The third kappa shape index (κ3) is 3.36. The Hall–Kier alpha value is -1.35. The van der Waals surface area contributed by atoms with Gasteiger partial charge in [-0.1, -0.05) is 19.1 Å². The van der Waals surface area contributed by atoms with Gasteiger partial charge in [-0.2, -0.15) is 0 Å². The van der Waals surface area contributed by atoms with E-state index in [1.54, 1.807) is 11.9 Å². The number of carbonyl (C=O) groups excluding carboxylic acids is 1. The van der Waals surface area contributed by atoms with Crippen molar-refractivity contribution in [2.45, 2.75) is 13.8 Å². The fourth-order valence-corrected chi connectivity index (χ4v) is 1.33. The second kappa shape index (κ2) is 5.51. The fourth-order valence-electron chi connectivity index (χ4n) is 1.33. The smallest absolute Gasteiger partial charge is 0.240 e. The molecule has 1 aromatic carbocycles. The van der Waals surface area contributed by atoms with Crippen LogP contribution in [0.25, 0.3) is 0 Å². The third-order valence-electron chi connectivity index (χ3n) is 2.29. The molecule has 0 aliphatic rings. The van der Waals surface area contributed by atoms with Crippen molar-refractivity contribution >= 4 is 11.6 Å². The molecule has 0 atom stereocenters. The van der Waals surface area contributed by atoms with Gasteiger partial charge < -0.3 is 10.2 Å². The van der Waals surface area contributed by atoms with Gasteiger partial charge in [-0.05, 0) is 31.2 Å². The van der Waals surface area contributed by atoms with Crippen LogP contribution in [0.1, 0.15) is 12.5 Å². The zero-order chi connectivity index (χ0) is 11.3. The van der Waals surface area contributed by atoms with Crippen molar-refractivity contribution in [3.8, 4) is 0 Å². The van der Waals surface area contributed by atoms with Crippen LogP contribution in [-0.2, 0) is 4.79 Å². The van der Waals surface area contributed by atoms with Gasteiger partial charge in [-0.15, -0.1) is 0 Å². The molecule has 1 amide bonds. The van der Waals surface area contributed by atoms with E-state index >= 15 is 0 Å². The molecule has 1 rings (SSSR count). The van der Waals surface area contributed by atoms with Gasteiger partial charge >= 0.3 is 0 Å². The highest BCUT2D eigenvalue weighted by atomic mass is 16.2. The first-order valence-electron chi connectivity index (χ1n) is 5.19. The molecule has 0 saturated heterocycles. The second-order valence-electron chi connectivity index (χ2n) is 3.57. The lowest BCUT2D eigenvalue weighted by Gasteiger charge is -2.17. The minimum Gasteiger partial charge on any atom is -0.314 e. The number of hydrogen-bond acceptors (Lipinski definition) is 2. The van der Waals surface area contributed by atoms with Gasteiger partial charge in [0.2, 0.25) is 5.91 Å². The number of carbonyl (C=O) groups is 1. The molecule has 0 radical (unpaired) electrons. The van der Waals surface area contributed by atoms with Crippen LogP contribution in [0.2, 0.25) is 0 Å². The maximum absolute atomic E-state index is 11.7. The molecule has 15 heavy (non-hydrogen) atoms. The minimum atomic E-state index is 0.0856. The van der Waals surface area contributed by atoms with E-state index in [1.807, 2.05) is 38.1 Å². The molecule has 0 aliphatic carbocycles. The van der Waals surface area contributed by atoms with Gasteiger partial charge in [0, 0.05) is 12.7 Å². The number of amides is 1. The number of hydrogen-bond donors (Lipinski definition) is 1. The van der Waals surface area contributed by atoms with Crippen molar-refractivity contribution in [2.24, 2.45) is 0 Å². The van der Waals surface area contributed by atoms with E-state index in [1.165, 1.54) is 0 Å². The summed E-state index contributed by atoms with van der Waals surface area (Å²) in [5.74, 6) is 0.0856. The van der Waals surface area contributed by atoms with E-state index in [0.29, 0.717) is 6.54 Å². The number of benzene rings is 1. The molecule has 1 aromatic rings. The summed E-state index contributed by atoms with van der Waals surface area (Å²) in [4.78, 5) is 13.4. The van der Waals surface area contributed by atoms with Crippen LogP contribution in [0.5, 0.6) is 0 Å². The van der Waals surface area contributed by atoms with E-state index in [0.717, 1.165) is 17.8 Å². The van der Waals surface area contributed by atoms with Crippen molar-refractivity contribution in [3.63, 3.8) is 0 Å². The lowest BCUT2D eigenvalue weighted by atomic mass is 10.2. The quantitative estimate of drug-likeness (QED) is 0.811. The Bertz CT molecular complexity index is 336. The van der Waals surface area contributed by atoms with Crippen molar-refractivity contribution < 1.29 is 4.79 Å². The Balaban J connectivity index is 2.67. The largest absolute Gasteiger partial charge is 0.314 e. The number of nitrogens with zero attached hydrogens (tertiary/aromatic N) is 1. The highest BCUT2D eigenvalue weighted by Crippen LogP contribution is 2.13. The summed E-state index contributed by atoms with van der Waals surface area (Å²) < 4.78 is 0. The highest BCUT2D eigenvalue weighted by molar-refractivity contribution is 5.94. The number of rotatable bonds is 4. The lowest BCUT2D eigenvalue weighted by molar-refractivity contribution is -0.117. The van der Waals surface area contributed by atoms with Crippen LogP contribution in [0, 0.1) is 6.92 Å². The third-order valence-corrected chi connectivity index (χ3v) is 2.29. The summed E-state index contributed by atoms with van der Waals surface area (Å²) in [7, 11) is 1.80. The van der Waals surface area contributed by atoms with E-state index in [2.05, 4.69) is 5.32 Å². The van der Waals surface area contributed by atoms with Gasteiger partial charge in [-0.25, -0.2) is 0 Å². The number of nitrogens with one attached hydrogen (secondary N) is 1. The summed E-state index contributed by atoms with van der Waals surface area (Å²) in [6.07, 6.45) is 0. The van der Waals surface area contributed by atoms with Crippen LogP contribution < -0.4 is 10.2 Å². The van der Waals surface area contributed by atoms with Crippen LogP contribution >= 0.6 is 0 Å². The summed E-state index contributed by atoms with van der Waals surface area (Å²) in [5, 5.41) is 3.02. The average molecular weight is 206 g/mol. The Labute approximate surface area is 91.1 Å². The van der Waals surface area contributed by atoms with Crippen LogP contribution in [0.3, 0.4) is 0 Å².